The Hall–Kier alpha value is -2.30. The molecule has 0 fully saturated rings. The van der Waals surface area contributed by atoms with Gasteiger partial charge in [0.25, 0.3) is 0 Å². The quantitative estimate of drug-likeness (QED) is 0.667. The van der Waals surface area contributed by atoms with Gasteiger partial charge in [-0.1, -0.05) is 0 Å². The predicted molar refractivity (Wildman–Crippen MR) is 62.6 cm³/mol. The van der Waals surface area contributed by atoms with E-state index in [9.17, 15) is 0 Å². The minimum atomic E-state index is 0.226. The topological polar surface area (TPSA) is 84.1 Å². The molecule has 0 radical (unpaired) electrons. The summed E-state index contributed by atoms with van der Waals surface area (Å²) in [4.78, 5) is 8.02. The van der Waals surface area contributed by atoms with Crippen molar-refractivity contribution in [3.05, 3.63) is 36.0 Å². The van der Waals surface area contributed by atoms with Crippen molar-refractivity contribution in [2.24, 2.45) is 0 Å². The molecule has 82 valence electrons. The minimum Gasteiger partial charge on any atom is -0.508 e. The van der Waals surface area contributed by atoms with Crippen LogP contribution in [0.5, 0.6) is 5.75 Å². The fourth-order valence-electron chi connectivity index (χ4n) is 1.35. The lowest BCUT2D eigenvalue weighted by Gasteiger charge is -2.06. The van der Waals surface area contributed by atoms with Gasteiger partial charge in [-0.05, 0) is 31.2 Å². The van der Waals surface area contributed by atoms with E-state index in [-0.39, 0.29) is 11.7 Å². The predicted octanol–water partition coefficient (Wildman–Crippen LogP) is 1.82. The Morgan fingerprint density at radius 3 is 2.50 bits per heavy atom. The zero-order chi connectivity index (χ0) is 11.5. The second-order valence-electron chi connectivity index (χ2n) is 3.42. The second-order valence-corrected chi connectivity index (χ2v) is 3.42. The number of hydrogen-bond acceptors (Lipinski definition) is 5. The Balaban J connectivity index is 2.23. The van der Waals surface area contributed by atoms with Crippen LogP contribution in [-0.4, -0.2) is 15.1 Å². The molecule has 0 aliphatic carbocycles. The summed E-state index contributed by atoms with van der Waals surface area (Å²) in [6.07, 6.45) is 0. The molecule has 0 aliphatic rings. The highest BCUT2D eigenvalue weighted by atomic mass is 16.3. The average Bonchev–Trinajstić information content (AvgIpc) is 2.20. The first kappa shape index (κ1) is 10.2. The molecule has 0 saturated carbocycles. The van der Waals surface area contributed by atoms with Gasteiger partial charge in [-0.3, -0.25) is 0 Å². The molecule has 4 N–H and O–H groups in total. The van der Waals surface area contributed by atoms with E-state index in [1.807, 2.05) is 6.92 Å². The van der Waals surface area contributed by atoms with Gasteiger partial charge < -0.3 is 16.2 Å². The molecule has 0 saturated heterocycles. The SMILES string of the molecule is Cc1cc(Nc2ccc(O)cc2)nc(N)n1. The van der Waals surface area contributed by atoms with E-state index in [2.05, 4.69) is 15.3 Å². The summed E-state index contributed by atoms with van der Waals surface area (Å²) in [5.74, 6) is 1.10. The van der Waals surface area contributed by atoms with Crippen LogP contribution in [0.15, 0.2) is 30.3 Å². The van der Waals surface area contributed by atoms with Crippen molar-refractivity contribution in [3.63, 3.8) is 0 Å². The van der Waals surface area contributed by atoms with Gasteiger partial charge >= 0.3 is 0 Å². The highest BCUT2D eigenvalue weighted by Gasteiger charge is 1.99. The van der Waals surface area contributed by atoms with Gasteiger partial charge in [0.2, 0.25) is 5.95 Å². The van der Waals surface area contributed by atoms with Crippen molar-refractivity contribution >= 4 is 17.5 Å². The van der Waals surface area contributed by atoms with Crippen LogP contribution in [0.2, 0.25) is 0 Å². The molecule has 16 heavy (non-hydrogen) atoms. The van der Waals surface area contributed by atoms with Gasteiger partial charge in [-0.15, -0.1) is 0 Å². The zero-order valence-corrected chi connectivity index (χ0v) is 8.81. The lowest BCUT2D eigenvalue weighted by Crippen LogP contribution is -2.01. The van der Waals surface area contributed by atoms with Gasteiger partial charge in [0.15, 0.2) is 0 Å². The van der Waals surface area contributed by atoms with Crippen LogP contribution in [0.1, 0.15) is 5.69 Å². The number of hydrogen-bond donors (Lipinski definition) is 3. The van der Waals surface area contributed by atoms with Gasteiger partial charge in [-0.2, -0.15) is 4.98 Å². The number of phenolic OH excluding ortho intramolecular Hbond substituents is 1. The molecule has 5 heteroatoms. The molecular weight excluding hydrogens is 204 g/mol. The summed E-state index contributed by atoms with van der Waals surface area (Å²) in [6, 6.07) is 8.49. The van der Waals surface area contributed by atoms with E-state index < -0.39 is 0 Å². The molecule has 1 heterocycles. The lowest BCUT2D eigenvalue weighted by atomic mass is 10.3. The first-order valence-corrected chi connectivity index (χ1v) is 4.81. The largest absolute Gasteiger partial charge is 0.508 e. The third-order valence-corrected chi connectivity index (χ3v) is 2.01. The number of benzene rings is 1. The summed E-state index contributed by atoms with van der Waals surface area (Å²) in [5, 5.41) is 12.2. The van der Waals surface area contributed by atoms with Crippen molar-refractivity contribution in [3.8, 4) is 5.75 Å². The maximum Gasteiger partial charge on any atom is 0.222 e. The maximum absolute atomic E-state index is 9.14. The normalized spacial score (nSPS) is 10.1. The molecule has 5 nitrogen and oxygen atoms in total. The Labute approximate surface area is 93.0 Å². The minimum absolute atomic E-state index is 0.226. The van der Waals surface area contributed by atoms with Crippen LogP contribution in [-0.2, 0) is 0 Å². The number of aromatic nitrogens is 2. The molecule has 0 bridgehead atoms. The standard InChI is InChI=1S/C11H12N4O/c1-7-6-10(15-11(12)13-7)14-8-2-4-9(16)5-3-8/h2-6,16H,1H3,(H3,12,13,14,15). The number of phenols is 1. The molecular formula is C11H12N4O. The Morgan fingerprint density at radius 1 is 1.19 bits per heavy atom. The van der Waals surface area contributed by atoms with Gasteiger partial charge in [0.05, 0.1) is 0 Å². The Morgan fingerprint density at radius 2 is 1.88 bits per heavy atom. The molecule has 0 atom stereocenters. The summed E-state index contributed by atoms with van der Waals surface area (Å²) < 4.78 is 0. The van der Waals surface area contributed by atoms with Crippen LogP contribution < -0.4 is 11.1 Å². The van der Waals surface area contributed by atoms with Gasteiger partial charge in [0, 0.05) is 17.4 Å². The Kier molecular flexibility index (Phi) is 2.59. The smallest absolute Gasteiger partial charge is 0.222 e. The molecule has 0 spiro atoms. The zero-order valence-electron chi connectivity index (χ0n) is 8.81. The number of anilines is 3. The first-order chi connectivity index (χ1) is 7.63. The lowest BCUT2D eigenvalue weighted by molar-refractivity contribution is 0.475. The van der Waals surface area contributed by atoms with E-state index >= 15 is 0 Å². The van der Waals surface area contributed by atoms with Crippen molar-refractivity contribution in [1.82, 2.24) is 9.97 Å². The highest BCUT2D eigenvalue weighted by Crippen LogP contribution is 2.18. The number of rotatable bonds is 2. The Bertz CT molecular complexity index is 476. The molecule has 0 aliphatic heterocycles. The number of aryl methyl sites for hydroxylation is 1. The van der Waals surface area contributed by atoms with Crippen LogP contribution in [0, 0.1) is 6.92 Å². The third kappa shape index (κ3) is 2.38. The summed E-state index contributed by atoms with van der Waals surface area (Å²) >= 11 is 0. The van der Waals surface area contributed by atoms with Crippen LogP contribution in [0.25, 0.3) is 0 Å². The highest BCUT2D eigenvalue weighted by molar-refractivity contribution is 5.58. The number of aromatic hydroxyl groups is 1. The average molecular weight is 216 g/mol. The van der Waals surface area contributed by atoms with E-state index in [1.165, 1.54) is 0 Å². The van der Waals surface area contributed by atoms with E-state index in [0.717, 1.165) is 11.4 Å². The van der Waals surface area contributed by atoms with Crippen LogP contribution in [0.3, 0.4) is 0 Å². The molecule has 1 aromatic carbocycles. The van der Waals surface area contributed by atoms with E-state index in [4.69, 9.17) is 10.8 Å². The second kappa shape index (κ2) is 4.06. The summed E-state index contributed by atoms with van der Waals surface area (Å²) in [6.45, 7) is 1.85. The van der Waals surface area contributed by atoms with Crippen molar-refractivity contribution < 1.29 is 5.11 Å². The molecule has 2 rings (SSSR count). The fraction of sp³-hybridized carbons (Fsp3) is 0.0909. The van der Waals surface area contributed by atoms with Crippen molar-refractivity contribution in [1.29, 1.82) is 0 Å². The number of nitrogen functional groups attached to an aromatic ring is 1. The first-order valence-electron chi connectivity index (χ1n) is 4.81. The third-order valence-electron chi connectivity index (χ3n) is 2.01. The molecule has 0 unspecified atom stereocenters. The van der Waals surface area contributed by atoms with Gasteiger partial charge in [0.1, 0.15) is 11.6 Å². The van der Waals surface area contributed by atoms with E-state index in [0.29, 0.717) is 5.82 Å². The van der Waals surface area contributed by atoms with Gasteiger partial charge in [-0.25, -0.2) is 4.98 Å². The number of nitrogens with two attached hydrogens (primary N) is 1. The van der Waals surface area contributed by atoms with Crippen molar-refractivity contribution in [2.45, 2.75) is 6.92 Å². The summed E-state index contributed by atoms with van der Waals surface area (Å²) in [7, 11) is 0. The summed E-state index contributed by atoms with van der Waals surface area (Å²) in [5.41, 5.74) is 7.16. The van der Waals surface area contributed by atoms with Crippen LogP contribution >= 0.6 is 0 Å². The monoisotopic (exact) mass is 216 g/mol. The maximum atomic E-state index is 9.14. The number of nitrogens with one attached hydrogen (secondary N) is 1. The molecule has 0 amide bonds. The molecule has 1 aromatic heterocycles. The fourth-order valence-corrected chi connectivity index (χ4v) is 1.35. The molecule has 2 aromatic rings. The van der Waals surface area contributed by atoms with Crippen molar-refractivity contribution in [2.75, 3.05) is 11.1 Å². The number of nitrogens with zero attached hydrogens (tertiary/aromatic N) is 2. The van der Waals surface area contributed by atoms with E-state index in [1.54, 1.807) is 30.3 Å². The van der Waals surface area contributed by atoms with Crippen LogP contribution in [0.4, 0.5) is 17.5 Å².